The van der Waals surface area contributed by atoms with E-state index in [1.807, 2.05) is 22.8 Å². The predicted octanol–water partition coefficient (Wildman–Crippen LogP) is 3.75. The molecule has 0 amide bonds. The van der Waals surface area contributed by atoms with Crippen LogP contribution in [0.5, 0.6) is 0 Å². The second kappa shape index (κ2) is 7.33. The first kappa shape index (κ1) is 17.4. The number of pyridine rings is 1. The van der Waals surface area contributed by atoms with Crippen molar-refractivity contribution in [3.63, 3.8) is 0 Å². The number of aromatic nitrogens is 1. The molecule has 0 spiro atoms. The van der Waals surface area contributed by atoms with E-state index in [0.29, 0.717) is 24.8 Å². The molecule has 1 atom stereocenters. The van der Waals surface area contributed by atoms with Crippen LogP contribution >= 0.6 is 0 Å². The van der Waals surface area contributed by atoms with Gasteiger partial charge in [-0.2, -0.15) is 0 Å². The molecule has 27 heavy (non-hydrogen) atoms. The first-order valence-corrected chi connectivity index (χ1v) is 9.21. The van der Waals surface area contributed by atoms with Crippen molar-refractivity contribution in [1.29, 1.82) is 0 Å². The molecular weight excluding hydrogens is 338 g/mol. The van der Waals surface area contributed by atoms with E-state index in [9.17, 15) is 14.7 Å². The molecule has 0 radical (unpaired) electrons. The van der Waals surface area contributed by atoms with Crippen LogP contribution in [0.3, 0.4) is 0 Å². The Morgan fingerprint density at radius 1 is 1.04 bits per heavy atom. The number of aliphatic hydroxyl groups is 1. The maximum atomic E-state index is 12.5. The highest BCUT2D eigenvalue weighted by molar-refractivity contribution is 5.74. The van der Waals surface area contributed by atoms with Crippen LogP contribution in [0.2, 0.25) is 0 Å². The Morgan fingerprint density at radius 3 is 2.44 bits per heavy atom. The van der Waals surface area contributed by atoms with Crippen LogP contribution in [0.1, 0.15) is 46.1 Å². The lowest BCUT2D eigenvalue weighted by Crippen LogP contribution is -2.28. The highest BCUT2D eigenvalue weighted by Gasteiger charge is 2.25. The summed E-state index contributed by atoms with van der Waals surface area (Å²) in [5.41, 5.74) is 4.40. The molecule has 1 heterocycles. The average Bonchev–Trinajstić information content (AvgIpc) is 2.71. The molecule has 3 aromatic rings. The summed E-state index contributed by atoms with van der Waals surface area (Å²) in [4.78, 5) is 23.8. The molecule has 1 N–H and O–H groups in total. The molecule has 4 rings (SSSR count). The van der Waals surface area contributed by atoms with Gasteiger partial charge in [0.25, 0.3) is 0 Å². The molecule has 0 aliphatic heterocycles. The Labute approximate surface area is 157 Å². The van der Waals surface area contributed by atoms with Crippen molar-refractivity contribution in [2.24, 2.45) is 0 Å². The lowest BCUT2D eigenvalue weighted by atomic mass is 9.91. The van der Waals surface area contributed by atoms with E-state index in [2.05, 4.69) is 36.4 Å². The zero-order valence-corrected chi connectivity index (χ0v) is 15.0. The minimum Gasteiger partial charge on any atom is -0.388 e. The number of carbonyl (C=O) groups is 1. The maximum absolute atomic E-state index is 12.5. The summed E-state index contributed by atoms with van der Waals surface area (Å²) in [6, 6.07) is 18.5. The number of hydrogen-bond donors (Lipinski definition) is 1. The number of rotatable bonds is 4. The summed E-state index contributed by atoms with van der Waals surface area (Å²) < 4.78 is 1.94. The normalized spacial score (nSPS) is 16.0. The SMILES string of the molecule is O=Cc1cn(Cc2ccc(-c3ccccc3)cc2)c2c(c1=O)C(O)CCC2. The number of hydrogen-bond acceptors (Lipinski definition) is 3. The van der Waals surface area contributed by atoms with E-state index in [1.54, 1.807) is 6.20 Å². The van der Waals surface area contributed by atoms with Gasteiger partial charge in [0, 0.05) is 24.0 Å². The third-order valence-corrected chi connectivity index (χ3v) is 5.22. The molecule has 4 nitrogen and oxygen atoms in total. The Bertz CT molecular complexity index is 1020. The molecule has 1 aromatic heterocycles. The Kier molecular flexibility index (Phi) is 4.73. The molecule has 0 saturated heterocycles. The van der Waals surface area contributed by atoms with Crippen molar-refractivity contribution in [2.45, 2.75) is 31.9 Å². The van der Waals surface area contributed by atoms with Crippen LogP contribution in [0.15, 0.2) is 65.6 Å². The first-order chi connectivity index (χ1) is 13.2. The number of fused-ring (bicyclic) bond motifs is 1. The Morgan fingerprint density at radius 2 is 1.74 bits per heavy atom. The molecule has 0 saturated carbocycles. The largest absolute Gasteiger partial charge is 0.388 e. The smallest absolute Gasteiger partial charge is 0.198 e. The van der Waals surface area contributed by atoms with Crippen LogP contribution in [-0.4, -0.2) is 16.0 Å². The minimum absolute atomic E-state index is 0.107. The van der Waals surface area contributed by atoms with Gasteiger partial charge in [-0.05, 0) is 36.0 Å². The van der Waals surface area contributed by atoms with Crippen LogP contribution in [0, 0.1) is 0 Å². The highest BCUT2D eigenvalue weighted by atomic mass is 16.3. The van der Waals surface area contributed by atoms with Gasteiger partial charge in [0.15, 0.2) is 11.7 Å². The quantitative estimate of drug-likeness (QED) is 0.722. The Hall–Kier alpha value is -2.98. The summed E-state index contributed by atoms with van der Waals surface area (Å²) in [5.74, 6) is 0. The molecule has 4 heteroatoms. The zero-order valence-electron chi connectivity index (χ0n) is 15.0. The third-order valence-electron chi connectivity index (χ3n) is 5.22. The molecule has 1 aliphatic carbocycles. The minimum atomic E-state index is -0.784. The summed E-state index contributed by atoms with van der Waals surface area (Å²) in [5, 5.41) is 10.3. The molecule has 0 bridgehead atoms. The van der Waals surface area contributed by atoms with Crippen LogP contribution in [-0.2, 0) is 13.0 Å². The topological polar surface area (TPSA) is 59.3 Å². The van der Waals surface area contributed by atoms with E-state index in [1.165, 1.54) is 0 Å². The average molecular weight is 359 g/mol. The first-order valence-electron chi connectivity index (χ1n) is 9.21. The number of aliphatic hydroxyl groups excluding tert-OH is 1. The van der Waals surface area contributed by atoms with Crippen molar-refractivity contribution in [3.8, 4) is 11.1 Å². The molecule has 1 aliphatic rings. The van der Waals surface area contributed by atoms with E-state index >= 15 is 0 Å². The van der Waals surface area contributed by atoms with Gasteiger partial charge in [-0.25, -0.2) is 0 Å². The van der Waals surface area contributed by atoms with Gasteiger partial charge in [-0.3, -0.25) is 9.59 Å². The van der Waals surface area contributed by atoms with E-state index in [4.69, 9.17) is 0 Å². The van der Waals surface area contributed by atoms with E-state index in [0.717, 1.165) is 35.2 Å². The zero-order chi connectivity index (χ0) is 18.8. The molecule has 1 unspecified atom stereocenters. The molecule has 0 fully saturated rings. The maximum Gasteiger partial charge on any atom is 0.198 e. The van der Waals surface area contributed by atoms with Crippen molar-refractivity contribution >= 4 is 6.29 Å². The number of benzene rings is 2. The van der Waals surface area contributed by atoms with Crippen LogP contribution in [0.25, 0.3) is 11.1 Å². The van der Waals surface area contributed by atoms with Gasteiger partial charge in [-0.1, -0.05) is 54.6 Å². The van der Waals surface area contributed by atoms with Gasteiger partial charge in [0.2, 0.25) is 0 Å². The second-order valence-electron chi connectivity index (χ2n) is 6.99. The lowest BCUT2D eigenvalue weighted by molar-refractivity contribution is 0.112. The summed E-state index contributed by atoms with van der Waals surface area (Å²) in [6.45, 7) is 0.561. The van der Waals surface area contributed by atoms with Gasteiger partial charge in [0.1, 0.15) is 0 Å². The van der Waals surface area contributed by atoms with E-state index < -0.39 is 6.10 Å². The van der Waals surface area contributed by atoms with Crippen molar-refractivity contribution < 1.29 is 9.90 Å². The van der Waals surface area contributed by atoms with E-state index in [-0.39, 0.29) is 11.0 Å². The monoisotopic (exact) mass is 359 g/mol. The van der Waals surface area contributed by atoms with Crippen molar-refractivity contribution in [3.05, 3.63) is 93.4 Å². The fraction of sp³-hybridized carbons (Fsp3) is 0.217. The fourth-order valence-corrected chi connectivity index (χ4v) is 3.83. The van der Waals surface area contributed by atoms with Crippen LogP contribution in [0.4, 0.5) is 0 Å². The molecule has 136 valence electrons. The molecular formula is C23H21NO3. The van der Waals surface area contributed by atoms with Crippen molar-refractivity contribution in [1.82, 2.24) is 4.57 Å². The fourth-order valence-electron chi connectivity index (χ4n) is 3.83. The van der Waals surface area contributed by atoms with Crippen molar-refractivity contribution in [2.75, 3.05) is 0 Å². The number of aldehydes is 1. The van der Waals surface area contributed by atoms with Gasteiger partial charge >= 0.3 is 0 Å². The predicted molar refractivity (Wildman–Crippen MR) is 105 cm³/mol. The number of carbonyl (C=O) groups excluding carboxylic acids is 1. The third kappa shape index (κ3) is 3.36. The number of nitrogens with zero attached hydrogens (tertiary/aromatic N) is 1. The standard InChI is InChI=1S/C23H21NO3/c25-15-19-14-24(20-7-4-8-21(26)22(20)23(19)27)13-16-9-11-18(12-10-16)17-5-2-1-3-6-17/h1-3,5-6,9-12,14-15,21,26H,4,7-8,13H2. The summed E-state index contributed by atoms with van der Waals surface area (Å²) in [6.07, 6.45) is 3.56. The van der Waals surface area contributed by atoms with Crippen LogP contribution < -0.4 is 5.43 Å². The van der Waals surface area contributed by atoms with Gasteiger partial charge in [0.05, 0.1) is 11.7 Å². The molecule has 2 aromatic carbocycles. The van der Waals surface area contributed by atoms with Gasteiger partial charge < -0.3 is 9.67 Å². The second-order valence-corrected chi connectivity index (χ2v) is 6.99. The Balaban J connectivity index is 1.69. The summed E-state index contributed by atoms with van der Waals surface area (Å²) >= 11 is 0. The lowest BCUT2D eigenvalue weighted by Gasteiger charge is -2.25. The van der Waals surface area contributed by atoms with Gasteiger partial charge in [-0.15, -0.1) is 0 Å². The highest BCUT2D eigenvalue weighted by Crippen LogP contribution is 2.28. The summed E-state index contributed by atoms with van der Waals surface area (Å²) in [7, 11) is 0.